The number of hydrogen-bond donors (Lipinski definition) is 2. The first-order chi connectivity index (χ1) is 9.67. The van der Waals surface area contributed by atoms with Crippen molar-refractivity contribution in [2.24, 2.45) is 5.73 Å². The highest BCUT2D eigenvalue weighted by Gasteiger charge is 2.32. The Hall–Kier alpha value is -1.26. The van der Waals surface area contributed by atoms with Crippen LogP contribution in [0.5, 0.6) is 11.5 Å². The fourth-order valence-corrected chi connectivity index (χ4v) is 2.54. The van der Waals surface area contributed by atoms with Crippen LogP contribution < -0.4 is 15.2 Å². The zero-order valence-corrected chi connectivity index (χ0v) is 12.2. The third-order valence-electron chi connectivity index (χ3n) is 3.76. The van der Waals surface area contributed by atoms with Gasteiger partial charge in [0.25, 0.3) is 0 Å². The summed E-state index contributed by atoms with van der Waals surface area (Å²) < 4.78 is 11.4. The molecule has 2 rings (SSSR count). The van der Waals surface area contributed by atoms with Gasteiger partial charge in [-0.2, -0.15) is 0 Å². The van der Waals surface area contributed by atoms with E-state index in [9.17, 15) is 5.11 Å². The number of aliphatic hydroxyl groups is 1. The van der Waals surface area contributed by atoms with E-state index in [1.54, 1.807) is 0 Å². The van der Waals surface area contributed by atoms with E-state index in [-0.39, 0.29) is 0 Å². The Bertz CT molecular complexity index is 428. The van der Waals surface area contributed by atoms with E-state index >= 15 is 0 Å². The van der Waals surface area contributed by atoms with Gasteiger partial charge in [0.15, 0.2) is 0 Å². The van der Waals surface area contributed by atoms with Gasteiger partial charge in [0, 0.05) is 18.2 Å². The Balaban J connectivity index is 2.03. The summed E-state index contributed by atoms with van der Waals surface area (Å²) in [7, 11) is 0. The van der Waals surface area contributed by atoms with Crippen LogP contribution in [-0.4, -0.2) is 23.9 Å². The molecule has 0 atom stereocenters. The highest BCUT2D eigenvalue weighted by molar-refractivity contribution is 5.40. The third kappa shape index (κ3) is 3.87. The molecule has 0 aliphatic heterocycles. The Morgan fingerprint density at radius 1 is 1.25 bits per heavy atom. The number of ether oxygens (including phenoxy) is 2. The maximum Gasteiger partial charge on any atom is 0.127 e. The van der Waals surface area contributed by atoms with Crippen molar-refractivity contribution in [2.75, 3.05) is 13.2 Å². The fourth-order valence-electron chi connectivity index (χ4n) is 2.54. The molecule has 1 aromatic carbocycles. The quantitative estimate of drug-likeness (QED) is 0.805. The van der Waals surface area contributed by atoms with Crippen LogP contribution >= 0.6 is 0 Å². The zero-order chi connectivity index (χ0) is 14.4. The third-order valence-corrected chi connectivity index (χ3v) is 3.76. The highest BCUT2D eigenvalue weighted by Crippen LogP contribution is 2.31. The van der Waals surface area contributed by atoms with Crippen molar-refractivity contribution in [3.05, 3.63) is 23.8 Å². The van der Waals surface area contributed by atoms with Gasteiger partial charge in [-0.3, -0.25) is 0 Å². The first-order valence-electron chi connectivity index (χ1n) is 7.48. The van der Waals surface area contributed by atoms with E-state index in [0.29, 0.717) is 19.8 Å². The number of benzene rings is 1. The van der Waals surface area contributed by atoms with Crippen molar-refractivity contribution in [2.45, 2.75) is 51.2 Å². The maximum atomic E-state index is 10.3. The molecule has 0 amide bonds. The summed E-state index contributed by atoms with van der Waals surface area (Å²) in [4.78, 5) is 0. The van der Waals surface area contributed by atoms with Crippen molar-refractivity contribution >= 4 is 0 Å². The van der Waals surface area contributed by atoms with Gasteiger partial charge in [0.05, 0.1) is 12.2 Å². The molecule has 0 bridgehead atoms. The second-order valence-corrected chi connectivity index (χ2v) is 5.54. The van der Waals surface area contributed by atoms with Gasteiger partial charge < -0.3 is 20.3 Å². The number of rotatable bonds is 7. The van der Waals surface area contributed by atoms with Crippen LogP contribution in [0.25, 0.3) is 0 Å². The average Bonchev–Trinajstić information content (AvgIpc) is 2.90. The molecule has 112 valence electrons. The molecule has 1 fully saturated rings. The molecule has 4 nitrogen and oxygen atoms in total. The van der Waals surface area contributed by atoms with E-state index in [1.807, 2.05) is 18.2 Å². The molecule has 3 N–H and O–H groups in total. The summed E-state index contributed by atoms with van der Waals surface area (Å²) >= 11 is 0. The lowest BCUT2D eigenvalue weighted by atomic mass is 10.0. The van der Waals surface area contributed by atoms with Crippen LogP contribution in [0, 0.1) is 0 Å². The van der Waals surface area contributed by atoms with Crippen LogP contribution in [0.3, 0.4) is 0 Å². The molecule has 1 aliphatic carbocycles. The highest BCUT2D eigenvalue weighted by atomic mass is 16.5. The molecule has 1 aliphatic rings. The number of hydrogen-bond acceptors (Lipinski definition) is 4. The van der Waals surface area contributed by atoms with E-state index in [1.165, 1.54) is 0 Å². The lowest BCUT2D eigenvalue weighted by Gasteiger charge is -2.23. The first kappa shape index (κ1) is 15.1. The van der Waals surface area contributed by atoms with Crippen molar-refractivity contribution in [1.82, 2.24) is 0 Å². The molecule has 0 spiro atoms. The lowest BCUT2D eigenvalue weighted by molar-refractivity contribution is 0.00107. The zero-order valence-electron chi connectivity index (χ0n) is 12.2. The summed E-state index contributed by atoms with van der Waals surface area (Å²) in [6, 6.07) is 5.71. The van der Waals surface area contributed by atoms with Crippen LogP contribution in [-0.2, 0) is 6.54 Å². The second-order valence-electron chi connectivity index (χ2n) is 5.54. The van der Waals surface area contributed by atoms with Gasteiger partial charge in [-0.05, 0) is 25.3 Å². The lowest BCUT2D eigenvalue weighted by Crippen LogP contribution is -2.32. The smallest absolute Gasteiger partial charge is 0.127 e. The summed E-state index contributed by atoms with van der Waals surface area (Å²) in [6.07, 6.45) is 4.75. The topological polar surface area (TPSA) is 64.7 Å². The predicted octanol–water partition coefficient (Wildman–Crippen LogP) is 2.62. The molecular formula is C16H25NO3. The van der Waals surface area contributed by atoms with Crippen LogP contribution in [0.2, 0.25) is 0 Å². The minimum atomic E-state index is -0.674. The molecule has 4 heteroatoms. The van der Waals surface area contributed by atoms with E-state index in [0.717, 1.165) is 49.2 Å². The summed E-state index contributed by atoms with van der Waals surface area (Å²) in [5.74, 6) is 1.51. The average molecular weight is 279 g/mol. The van der Waals surface area contributed by atoms with Gasteiger partial charge in [0.2, 0.25) is 0 Å². The minimum absolute atomic E-state index is 0.331. The number of nitrogens with two attached hydrogens (primary N) is 1. The largest absolute Gasteiger partial charge is 0.493 e. The van der Waals surface area contributed by atoms with Gasteiger partial charge in [0.1, 0.15) is 18.1 Å². The molecule has 0 aromatic heterocycles. The van der Waals surface area contributed by atoms with E-state index < -0.39 is 5.60 Å². The van der Waals surface area contributed by atoms with E-state index in [4.69, 9.17) is 15.2 Å². The van der Waals surface area contributed by atoms with Gasteiger partial charge in [-0.15, -0.1) is 0 Å². The molecule has 0 unspecified atom stereocenters. The van der Waals surface area contributed by atoms with Crippen molar-refractivity contribution in [1.29, 1.82) is 0 Å². The predicted molar refractivity (Wildman–Crippen MR) is 79.0 cm³/mol. The summed E-state index contributed by atoms with van der Waals surface area (Å²) in [5.41, 5.74) is 6.00. The molecule has 0 heterocycles. The maximum absolute atomic E-state index is 10.3. The molecule has 1 saturated carbocycles. The van der Waals surface area contributed by atoms with Crippen LogP contribution in [0.1, 0.15) is 44.6 Å². The summed E-state index contributed by atoms with van der Waals surface area (Å²) in [5, 5.41) is 10.3. The molecule has 1 aromatic rings. The molecule has 0 radical (unpaired) electrons. The van der Waals surface area contributed by atoms with E-state index in [2.05, 4.69) is 6.92 Å². The monoisotopic (exact) mass is 279 g/mol. The standard InChI is InChI=1S/C16H25NO3/c1-2-9-19-14-6-5-13(11-17)15(10-14)20-12-16(18)7-3-4-8-16/h5-6,10,18H,2-4,7-9,11-12,17H2,1H3. The molecular weight excluding hydrogens is 254 g/mol. The fraction of sp³-hybridized carbons (Fsp3) is 0.625. The normalized spacial score (nSPS) is 17.1. The minimum Gasteiger partial charge on any atom is -0.493 e. The Morgan fingerprint density at radius 3 is 2.65 bits per heavy atom. The Kier molecular flexibility index (Phi) is 5.26. The first-order valence-corrected chi connectivity index (χ1v) is 7.48. The Labute approximate surface area is 120 Å². The van der Waals surface area contributed by atoms with Crippen LogP contribution in [0.4, 0.5) is 0 Å². The van der Waals surface area contributed by atoms with Crippen molar-refractivity contribution in [3.63, 3.8) is 0 Å². The second kappa shape index (κ2) is 6.95. The van der Waals surface area contributed by atoms with Crippen molar-refractivity contribution in [3.8, 4) is 11.5 Å². The van der Waals surface area contributed by atoms with Crippen LogP contribution in [0.15, 0.2) is 18.2 Å². The SMILES string of the molecule is CCCOc1ccc(CN)c(OCC2(O)CCCC2)c1. The molecule has 0 saturated heterocycles. The van der Waals surface area contributed by atoms with Gasteiger partial charge >= 0.3 is 0 Å². The molecule has 20 heavy (non-hydrogen) atoms. The summed E-state index contributed by atoms with van der Waals surface area (Å²) in [6.45, 7) is 3.51. The van der Waals surface area contributed by atoms with Gasteiger partial charge in [-0.1, -0.05) is 25.8 Å². The van der Waals surface area contributed by atoms with Gasteiger partial charge in [-0.25, -0.2) is 0 Å². The Morgan fingerprint density at radius 2 is 2.00 bits per heavy atom. The van der Waals surface area contributed by atoms with Crippen molar-refractivity contribution < 1.29 is 14.6 Å².